The number of nitro groups is 1. The predicted molar refractivity (Wildman–Crippen MR) is 78.7 cm³/mol. The molecular formula is C13H15N3O3S. The number of benzene rings is 1. The Labute approximate surface area is 120 Å². The highest BCUT2D eigenvalue weighted by molar-refractivity contribution is 7.09. The molecule has 106 valence electrons. The van der Waals surface area contributed by atoms with Gasteiger partial charge in [0.2, 0.25) is 0 Å². The van der Waals surface area contributed by atoms with E-state index in [0.29, 0.717) is 18.0 Å². The lowest BCUT2D eigenvalue weighted by molar-refractivity contribution is -0.384. The van der Waals surface area contributed by atoms with Crippen molar-refractivity contribution in [3.8, 4) is 5.75 Å². The minimum absolute atomic E-state index is 0.00810. The summed E-state index contributed by atoms with van der Waals surface area (Å²) in [7, 11) is 1.49. The second-order valence-corrected chi connectivity index (χ2v) is 5.26. The molecule has 2 rings (SSSR count). The summed E-state index contributed by atoms with van der Waals surface area (Å²) in [6.07, 6.45) is 1.77. The molecule has 2 aromatic rings. The highest BCUT2D eigenvalue weighted by atomic mass is 32.1. The molecule has 1 aromatic carbocycles. The third-order valence-electron chi connectivity index (χ3n) is 2.82. The average Bonchev–Trinajstić information content (AvgIpc) is 2.98. The van der Waals surface area contributed by atoms with Gasteiger partial charge in [0.15, 0.2) is 0 Å². The van der Waals surface area contributed by atoms with Crippen molar-refractivity contribution in [3.05, 3.63) is 44.9 Å². The minimum Gasteiger partial charge on any atom is -0.496 e. The van der Waals surface area contributed by atoms with Gasteiger partial charge in [-0.25, -0.2) is 4.98 Å². The third-order valence-corrected chi connectivity index (χ3v) is 3.83. The molecule has 0 aliphatic heterocycles. The van der Waals surface area contributed by atoms with E-state index in [1.165, 1.54) is 19.2 Å². The first-order chi connectivity index (χ1) is 9.60. The number of hydrogen-bond donors (Lipinski definition) is 1. The molecule has 20 heavy (non-hydrogen) atoms. The Hall–Kier alpha value is -2.15. The molecule has 0 aliphatic rings. The van der Waals surface area contributed by atoms with Crippen LogP contribution in [0.1, 0.15) is 17.8 Å². The third kappa shape index (κ3) is 3.45. The molecule has 0 spiro atoms. The van der Waals surface area contributed by atoms with Gasteiger partial charge in [-0.15, -0.1) is 11.3 Å². The van der Waals surface area contributed by atoms with Crippen LogP contribution in [0.5, 0.6) is 5.75 Å². The quantitative estimate of drug-likeness (QED) is 0.653. The second kappa shape index (κ2) is 6.33. The fraction of sp³-hybridized carbons (Fsp3) is 0.308. The van der Waals surface area contributed by atoms with Gasteiger partial charge in [-0.2, -0.15) is 0 Å². The van der Waals surface area contributed by atoms with Gasteiger partial charge in [-0.1, -0.05) is 6.92 Å². The number of aromatic nitrogens is 1. The monoisotopic (exact) mass is 293 g/mol. The summed E-state index contributed by atoms with van der Waals surface area (Å²) in [5, 5.41) is 17.0. The van der Waals surface area contributed by atoms with Crippen LogP contribution < -0.4 is 10.1 Å². The summed E-state index contributed by atoms with van der Waals surface area (Å²) < 4.78 is 5.07. The first-order valence-corrected chi connectivity index (χ1v) is 6.95. The zero-order valence-electron chi connectivity index (χ0n) is 11.2. The van der Waals surface area contributed by atoms with Gasteiger partial charge in [-0.3, -0.25) is 10.1 Å². The van der Waals surface area contributed by atoms with Crippen molar-refractivity contribution in [3.63, 3.8) is 0 Å². The number of nitrogens with zero attached hydrogens (tertiary/aromatic N) is 2. The molecule has 1 atom stereocenters. The van der Waals surface area contributed by atoms with Gasteiger partial charge in [0.1, 0.15) is 5.75 Å². The molecule has 0 fully saturated rings. The van der Waals surface area contributed by atoms with Gasteiger partial charge in [0.25, 0.3) is 5.69 Å². The highest BCUT2D eigenvalue weighted by Gasteiger charge is 2.12. The van der Waals surface area contributed by atoms with Gasteiger partial charge in [-0.05, 0) is 0 Å². The highest BCUT2D eigenvalue weighted by Crippen LogP contribution is 2.26. The van der Waals surface area contributed by atoms with Crippen LogP contribution in [0.25, 0.3) is 0 Å². The lowest BCUT2D eigenvalue weighted by Gasteiger charge is -2.12. The topological polar surface area (TPSA) is 77.3 Å². The lowest BCUT2D eigenvalue weighted by Crippen LogP contribution is -2.09. The van der Waals surface area contributed by atoms with Crippen molar-refractivity contribution in [2.45, 2.75) is 12.8 Å². The number of nitrogens with one attached hydrogen (secondary N) is 1. The molecule has 0 saturated carbocycles. The van der Waals surface area contributed by atoms with Crippen LogP contribution >= 0.6 is 11.3 Å². The van der Waals surface area contributed by atoms with Crippen molar-refractivity contribution in [2.24, 2.45) is 0 Å². The van der Waals surface area contributed by atoms with Gasteiger partial charge in [0, 0.05) is 41.9 Å². The molecular weight excluding hydrogens is 278 g/mol. The first-order valence-electron chi connectivity index (χ1n) is 6.07. The van der Waals surface area contributed by atoms with Crippen molar-refractivity contribution in [2.75, 3.05) is 19.0 Å². The molecule has 0 aliphatic carbocycles. The normalized spacial score (nSPS) is 11.9. The zero-order chi connectivity index (χ0) is 14.5. The molecule has 1 N–H and O–H groups in total. The summed E-state index contributed by atoms with van der Waals surface area (Å²) in [5.74, 6) is 0.698. The smallest absolute Gasteiger partial charge is 0.275 e. The number of nitro benzene ring substituents is 1. The number of methoxy groups -OCH3 is 1. The van der Waals surface area contributed by atoms with E-state index in [4.69, 9.17) is 4.74 Å². The molecule has 1 heterocycles. The maximum absolute atomic E-state index is 10.9. The Bertz CT molecular complexity index is 587. The Kier molecular flexibility index (Phi) is 4.52. The molecule has 1 unspecified atom stereocenters. The Morgan fingerprint density at radius 1 is 1.50 bits per heavy atom. The van der Waals surface area contributed by atoms with E-state index in [1.54, 1.807) is 23.6 Å². The van der Waals surface area contributed by atoms with Gasteiger partial charge >= 0.3 is 0 Å². The predicted octanol–water partition coefficient (Wildman–Crippen LogP) is 3.28. The van der Waals surface area contributed by atoms with E-state index >= 15 is 0 Å². The van der Waals surface area contributed by atoms with E-state index in [0.717, 1.165) is 5.01 Å². The molecule has 7 heteroatoms. The zero-order valence-corrected chi connectivity index (χ0v) is 12.0. The van der Waals surface area contributed by atoms with Crippen LogP contribution in [0.15, 0.2) is 29.8 Å². The SMILES string of the molecule is COc1cc(NCC(C)c2nccs2)cc([N+](=O)[O-])c1. The van der Waals surface area contributed by atoms with Crippen LogP contribution in [-0.4, -0.2) is 23.6 Å². The standard InChI is InChI=1S/C13H15N3O3S/c1-9(13-14-3-4-20-13)8-15-10-5-11(16(17)18)7-12(6-10)19-2/h3-7,9,15H,8H2,1-2H3. The van der Waals surface area contributed by atoms with Crippen LogP contribution in [0.4, 0.5) is 11.4 Å². The Balaban J connectivity index is 2.09. The number of non-ortho nitro benzene ring substituents is 1. The summed E-state index contributed by atoms with van der Waals surface area (Å²) in [5.41, 5.74) is 0.674. The average molecular weight is 293 g/mol. The maximum Gasteiger partial charge on any atom is 0.275 e. The number of anilines is 1. The second-order valence-electron chi connectivity index (χ2n) is 4.33. The Morgan fingerprint density at radius 2 is 2.30 bits per heavy atom. The lowest BCUT2D eigenvalue weighted by atomic mass is 10.2. The fourth-order valence-electron chi connectivity index (χ4n) is 1.74. The summed E-state index contributed by atoms with van der Waals surface area (Å²) in [4.78, 5) is 14.7. The fourth-order valence-corrected chi connectivity index (χ4v) is 2.44. The van der Waals surface area contributed by atoms with Crippen LogP contribution in [0, 0.1) is 10.1 Å². The number of thiazole rings is 1. The molecule has 0 saturated heterocycles. The van der Waals surface area contributed by atoms with Crippen molar-refractivity contribution < 1.29 is 9.66 Å². The van der Waals surface area contributed by atoms with Crippen molar-refractivity contribution >= 4 is 22.7 Å². The number of rotatable bonds is 6. The van der Waals surface area contributed by atoms with E-state index < -0.39 is 4.92 Å². The van der Waals surface area contributed by atoms with Crippen molar-refractivity contribution in [1.29, 1.82) is 0 Å². The molecule has 0 amide bonds. The molecule has 6 nitrogen and oxygen atoms in total. The largest absolute Gasteiger partial charge is 0.496 e. The molecule has 0 bridgehead atoms. The Morgan fingerprint density at radius 3 is 2.90 bits per heavy atom. The molecule has 0 radical (unpaired) electrons. The van der Waals surface area contributed by atoms with E-state index in [9.17, 15) is 10.1 Å². The van der Waals surface area contributed by atoms with E-state index in [-0.39, 0.29) is 11.6 Å². The van der Waals surface area contributed by atoms with E-state index in [1.807, 2.05) is 5.38 Å². The number of ether oxygens (including phenoxy) is 1. The number of hydrogen-bond acceptors (Lipinski definition) is 6. The minimum atomic E-state index is -0.433. The maximum atomic E-state index is 10.9. The summed E-state index contributed by atoms with van der Waals surface area (Å²) >= 11 is 1.60. The van der Waals surface area contributed by atoms with E-state index in [2.05, 4.69) is 17.2 Å². The summed E-state index contributed by atoms with van der Waals surface area (Å²) in [6, 6.07) is 4.63. The van der Waals surface area contributed by atoms with Crippen LogP contribution in [0.3, 0.4) is 0 Å². The van der Waals surface area contributed by atoms with Crippen LogP contribution in [-0.2, 0) is 0 Å². The van der Waals surface area contributed by atoms with Crippen LogP contribution in [0.2, 0.25) is 0 Å². The first kappa shape index (κ1) is 14.3. The van der Waals surface area contributed by atoms with Crippen molar-refractivity contribution in [1.82, 2.24) is 4.98 Å². The van der Waals surface area contributed by atoms with Gasteiger partial charge < -0.3 is 10.1 Å². The molecule has 1 aromatic heterocycles. The summed E-state index contributed by atoms with van der Waals surface area (Å²) in [6.45, 7) is 2.71. The van der Waals surface area contributed by atoms with Gasteiger partial charge in [0.05, 0.1) is 23.1 Å².